The highest BCUT2D eigenvalue weighted by atomic mass is 32.1. The monoisotopic (exact) mass is 305 g/mol. The van der Waals surface area contributed by atoms with Gasteiger partial charge in [-0.2, -0.15) is 0 Å². The van der Waals surface area contributed by atoms with Gasteiger partial charge in [-0.1, -0.05) is 67.1 Å². The lowest BCUT2D eigenvalue weighted by molar-refractivity contribution is 1.14. The van der Waals surface area contributed by atoms with Crippen LogP contribution in [0.2, 0.25) is 0 Å². The Morgan fingerprint density at radius 1 is 0.955 bits per heavy atom. The van der Waals surface area contributed by atoms with Crippen molar-refractivity contribution in [3.63, 3.8) is 0 Å². The first-order valence-electron chi connectivity index (χ1n) is 7.54. The first-order valence-corrected chi connectivity index (χ1v) is 8.42. The van der Waals surface area contributed by atoms with Gasteiger partial charge in [-0.3, -0.25) is 0 Å². The Kier molecular flexibility index (Phi) is 4.50. The highest BCUT2D eigenvalue weighted by Gasteiger charge is 2.02. The molecule has 0 radical (unpaired) electrons. The summed E-state index contributed by atoms with van der Waals surface area (Å²) in [5.41, 5.74) is 6.08. The summed E-state index contributed by atoms with van der Waals surface area (Å²) in [7, 11) is 0. The van der Waals surface area contributed by atoms with Gasteiger partial charge in [0.05, 0.1) is 5.69 Å². The van der Waals surface area contributed by atoms with Gasteiger partial charge >= 0.3 is 0 Å². The fraction of sp³-hybridized carbons (Fsp3) is 0.150. The highest BCUT2D eigenvalue weighted by molar-refractivity contribution is 7.10. The molecule has 3 aromatic rings. The predicted octanol–water partition coefficient (Wildman–Crippen LogP) is 5.85. The molecule has 0 aliphatic carbocycles. The Morgan fingerprint density at radius 3 is 2.36 bits per heavy atom. The van der Waals surface area contributed by atoms with Crippen LogP contribution in [-0.2, 0) is 6.42 Å². The maximum Gasteiger partial charge on any atom is 0.116 e. The fourth-order valence-corrected chi connectivity index (χ4v) is 2.97. The topological polar surface area (TPSA) is 12.9 Å². The van der Waals surface area contributed by atoms with Gasteiger partial charge in [-0.25, -0.2) is 4.98 Å². The van der Waals surface area contributed by atoms with Crippen molar-refractivity contribution >= 4 is 23.5 Å². The van der Waals surface area contributed by atoms with Crippen LogP contribution in [0.4, 0.5) is 0 Å². The molecule has 0 bridgehead atoms. The van der Waals surface area contributed by atoms with Crippen molar-refractivity contribution in [2.24, 2.45) is 0 Å². The molecule has 2 aromatic carbocycles. The molecule has 0 N–H and O–H groups in total. The Labute approximate surface area is 136 Å². The summed E-state index contributed by atoms with van der Waals surface area (Å²) >= 11 is 1.68. The number of hydrogen-bond acceptors (Lipinski definition) is 2. The highest BCUT2D eigenvalue weighted by Crippen LogP contribution is 2.23. The van der Waals surface area contributed by atoms with Crippen molar-refractivity contribution in [2.45, 2.75) is 20.3 Å². The van der Waals surface area contributed by atoms with Crippen molar-refractivity contribution in [3.05, 3.63) is 75.6 Å². The van der Waals surface area contributed by atoms with Crippen molar-refractivity contribution in [1.29, 1.82) is 0 Å². The molecule has 0 saturated carbocycles. The van der Waals surface area contributed by atoms with Gasteiger partial charge in [0.2, 0.25) is 0 Å². The zero-order valence-electron chi connectivity index (χ0n) is 12.9. The van der Waals surface area contributed by atoms with E-state index in [1.807, 2.05) is 0 Å². The number of aromatic nitrogens is 1. The molecule has 0 spiro atoms. The molecule has 2 heteroatoms. The Morgan fingerprint density at radius 2 is 1.68 bits per heavy atom. The van der Waals surface area contributed by atoms with Gasteiger partial charge in [0.25, 0.3) is 0 Å². The molecular formula is C20H19NS. The first-order chi connectivity index (χ1) is 10.7. The Bertz CT molecular complexity index is 764. The van der Waals surface area contributed by atoms with E-state index in [0.717, 1.165) is 17.1 Å². The van der Waals surface area contributed by atoms with E-state index in [4.69, 9.17) is 4.98 Å². The van der Waals surface area contributed by atoms with Gasteiger partial charge in [-0.05, 0) is 30.5 Å². The van der Waals surface area contributed by atoms with Crippen LogP contribution in [0.15, 0.2) is 53.9 Å². The van der Waals surface area contributed by atoms with Crippen LogP contribution in [0.1, 0.15) is 28.6 Å². The predicted molar refractivity (Wildman–Crippen MR) is 97.0 cm³/mol. The quantitative estimate of drug-likeness (QED) is 0.589. The molecule has 22 heavy (non-hydrogen) atoms. The third-order valence-electron chi connectivity index (χ3n) is 3.68. The number of rotatable bonds is 4. The average molecular weight is 305 g/mol. The third-order valence-corrected chi connectivity index (χ3v) is 4.49. The first kappa shape index (κ1) is 14.7. The summed E-state index contributed by atoms with van der Waals surface area (Å²) in [5.74, 6) is 0. The van der Waals surface area contributed by atoms with E-state index in [1.54, 1.807) is 11.3 Å². The van der Waals surface area contributed by atoms with Crippen LogP contribution in [-0.4, -0.2) is 4.98 Å². The molecule has 0 atom stereocenters. The van der Waals surface area contributed by atoms with Gasteiger partial charge in [-0.15, -0.1) is 11.3 Å². The van der Waals surface area contributed by atoms with E-state index >= 15 is 0 Å². The molecule has 1 aromatic heterocycles. The zero-order valence-corrected chi connectivity index (χ0v) is 13.7. The number of benzene rings is 2. The maximum atomic E-state index is 4.69. The molecule has 3 rings (SSSR count). The molecule has 1 heterocycles. The zero-order chi connectivity index (χ0) is 15.4. The maximum absolute atomic E-state index is 4.69. The molecular weight excluding hydrogens is 286 g/mol. The van der Waals surface area contributed by atoms with Crippen LogP contribution < -0.4 is 0 Å². The van der Waals surface area contributed by atoms with Crippen molar-refractivity contribution in [2.75, 3.05) is 0 Å². The summed E-state index contributed by atoms with van der Waals surface area (Å²) in [6.45, 7) is 4.27. The minimum Gasteiger partial charge on any atom is -0.237 e. The lowest BCUT2D eigenvalue weighted by atomic mass is 10.1. The van der Waals surface area contributed by atoms with Gasteiger partial charge in [0.1, 0.15) is 5.01 Å². The second kappa shape index (κ2) is 6.71. The van der Waals surface area contributed by atoms with E-state index in [-0.39, 0.29) is 0 Å². The molecule has 0 fully saturated rings. The largest absolute Gasteiger partial charge is 0.237 e. The third kappa shape index (κ3) is 3.52. The second-order valence-corrected chi connectivity index (χ2v) is 6.26. The van der Waals surface area contributed by atoms with Crippen LogP contribution in [0, 0.1) is 6.92 Å². The minimum absolute atomic E-state index is 1.04. The summed E-state index contributed by atoms with van der Waals surface area (Å²) in [5, 5.41) is 3.15. The molecule has 0 saturated heterocycles. The van der Waals surface area contributed by atoms with E-state index in [2.05, 4.69) is 79.9 Å². The summed E-state index contributed by atoms with van der Waals surface area (Å²) in [6.07, 6.45) is 5.29. The Balaban J connectivity index is 1.75. The minimum atomic E-state index is 1.04. The molecule has 0 unspecified atom stereocenters. The van der Waals surface area contributed by atoms with Crippen LogP contribution >= 0.6 is 11.3 Å². The summed E-state index contributed by atoms with van der Waals surface area (Å²) in [6, 6.07) is 17.2. The van der Waals surface area contributed by atoms with Crippen LogP contribution in [0.25, 0.3) is 23.4 Å². The molecule has 0 amide bonds. The number of thiazole rings is 1. The van der Waals surface area contributed by atoms with Gasteiger partial charge in [0.15, 0.2) is 0 Å². The molecule has 0 aliphatic heterocycles. The van der Waals surface area contributed by atoms with E-state index in [1.165, 1.54) is 22.3 Å². The number of nitrogens with zero attached hydrogens (tertiary/aromatic N) is 1. The van der Waals surface area contributed by atoms with Crippen molar-refractivity contribution < 1.29 is 0 Å². The lowest BCUT2D eigenvalue weighted by Gasteiger charge is -1.97. The van der Waals surface area contributed by atoms with Crippen molar-refractivity contribution in [1.82, 2.24) is 4.98 Å². The molecule has 0 aliphatic rings. The second-order valence-electron chi connectivity index (χ2n) is 5.37. The summed E-state index contributed by atoms with van der Waals surface area (Å²) < 4.78 is 0. The van der Waals surface area contributed by atoms with E-state index < -0.39 is 0 Å². The van der Waals surface area contributed by atoms with Crippen LogP contribution in [0.5, 0.6) is 0 Å². The van der Waals surface area contributed by atoms with E-state index in [9.17, 15) is 0 Å². The number of hydrogen-bond donors (Lipinski definition) is 0. The lowest BCUT2D eigenvalue weighted by Crippen LogP contribution is -1.80. The molecule has 110 valence electrons. The average Bonchev–Trinajstić information content (AvgIpc) is 3.03. The SMILES string of the molecule is CCc1ccc(/C=C/c2nc(-c3ccc(C)cc3)cs2)cc1. The smallest absolute Gasteiger partial charge is 0.116 e. The number of aryl methyl sites for hydroxylation is 2. The molecule has 1 nitrogen and oxygen atoms in total. The van der Waals surface area contributed by atoms with Gasteiger partial charge in [0, 0.05) is 10.9 Å². The summed E-state index contributed by atoms with van der Waals surface area (Å²) in [4.78, 5) is 4.69. The fourth-order valence-electron chi connectivity index (χ4n) is 2.25. The van der Waals surface area contributed by atoms with Gasteiger partial charge < -0.3 is 0 Å². The van der Waals surface area contributed by atoms with Crippen LogP contribution in [0.3, 0.4) is 0 Å². The normalized spacial score (nSPS) is 11.2. The Hall–Kier alpha value is -2.19. The standard InChI is InChI=1S/C20H19NS/c1-3-16-6-8-17(9-7-16)10-13-20-21-19(14-22-20)18-11-4-15(2)5-12-18/h4-14H,3H2,1-2H3/b13-10+. The van der Waals surface area contributed by atoms with Crippen molar-refractivity contribution in [3.8, 4) is 11.3 Å². The van der Waals surface area contributed by atoms with E-state index in [0.29, 0.717) is 0 Å².